The van der Waals surface area contributed by atoms with E-state index in [0.29, 0.717) is 19.1 Å². The Labute approximate surface area is 126 Å². The van der Waals surface area contributed by atoms with Crippen LogP contribution in [0.5, 0.6) is 0 Å². The maximum atomic E-state index is 11.7. The Kier molecular flexibility index (Phi) is 12.5. The van der Waals surface area contributed by atoms with Crippen LogP contribution in [0.4, 0.5) is 0 Å². The van der Waals surface area contributed by atoms with Crippen LogP contribution in [0, 0.1) is 0 Å². The zero-order chi connectivity index (χ0) is 15.3. The van der Waals surface area contributed by atoms with E-state index in [1.165, 1.54) is 38.5 Å². The van der Waals surface area contributed by atoms with E-state index in [-0.39, 0.29) is 5.75 Å². The van der Waals surface area contributed by atoms with Crippen LogP contribution in [0.2, 0.25) is 0 Å². The van der Waals surface area contributed by atoms with Gasteiger partial charge in [0.1, 0.15) is 0 Å². The highest BCUT2D eigenvalue weighted by Crippen LogP contribution is 2.07. The summed E-state index contributed by atoms with van der Waals surface area (Å²) in [6.07, 6.45) is 9.86. The van der Waals surface area contributed by atoms with Crippen molar-refractivity contribution in [2.24, 2.45) is 0 Å². The molecule has 0 saturated carbocycles. The summed E-state index contributed by atoms with van der Waals surface area (Å²) in [6, 6.07) is 0.331. The van der Waals surface area contributed by atoms with Crippen molar-refractivity contribution < 1.29 is 8.42 Å². The average molecular weight is 307 g/mol. The summed E-state index contributed by atoms with van der Waals surface area (Å²) in [5.41, 5.74) is 0. The first kappa shape index (κ1) is 19.9. The molecule has 0 aromatic rings. The molecule has 5 heteroatoms. The van der Waals surface area contributed by atoms with Gasteiger partial charge in [0.2, 0.25) is 10.0 Å². The highest BCUT2D eigenvalue weighted by molar-refractivity contribution is 7.89. The monoisotopic (exact) mass is 306 g/mol. The SMILES string of the molecule is CCCCCCCCCCNS(=O)(=O)CCNC(C)C. The Hall–Kier alpha value is -0.130. The number of hydrogen-bond donors (Lipinski definition) is 2. The van der Waals surface area contributed by atoms with Crippen molar-refractivity contribution >= 4 is 10.0 Å². The second-order valence-electron chi connectivity index (χ2n) is 5.80. The third kappa shape index (κ3) is 14.3. The van der Waals surface area contributed by atoms with Gasteiger partial charge in [0.15, 0.2) is 0 Å². The smallest absolute Gasteiger partial charge is 0.212 e. The van der Waals surface area contributed by atoms with Crippen molar-refractivity contribution in [3.8, 4) is 0 Å². The average Bonchev–Trinajstić information content (AvgIpc) is 2.36. The van der Waals surface area contributed by atoms with E-state index < -0.39 is 10.0 Å². The lowest BCUT2D eigenvalue weighted by atomic mass is 10.1. The minimum Gasteiger partial charge on any atom is -0.313 e. The molecule has 0 fully saturated rings. The van der Waals surface area contributed by atoms with Crippen LogP contribution in [-0.2, 0) is 10.0 Å². The minimum atomic E-state index is -3.09. The van der Waals surface area contributed by atoms with Crippen LogP contribution in [0.25, 0.3) is 0 Å². The van der Waals surface area contributed by atoms with Gasteiger partial charge >= 0.3 is 0 Å². The molecule has 0 aromatic heterocycles. The molecule has 0 aromatic carbocycles. The standard InChI is InChI=1S/C15H34N2O2S/c1-4-5-6-7-8-9-10-11-12-17-20(18,19)14-13-16-15(2)3/h15-17H,4-14H2,1-3H3. The van der Waals surface area contributed by atoms with Gasteiger partial charge in [0, 0.05) is 19.1 Å². The summed E-state index contributed by atoms with van der Waals surface area (Å²) in [5, 5.41) is 3.12. The summed E-state index contributed by atoms with van der Waals surface area (Å²) in [6.45, 7) is 7.35. The lowest BCUT2D eigenvalue weighted by molar-refractivity contribution is 0.553. The molecule has 122 valence electrons. The van der Waals surface area contributed by atoms with Gasteiger partial charge in [-0.1, -0.05) is 65.7 Å². The van der Waals surface area contributed by atoms with Crippen molar-refractivity contribution in [1.29, 1.82) is 0 Å². The van der Waals surface area contributed by atoms with Crippen LogP contribution in [0.3, 0.4) is 0 Å². The fourth-order valence-electron chi connectivity index (χ4n) is 2.04. The molecule has 0 spiro atoms. The Morgan fingerprint density at radius 2 is 1.40 bits per heavy atom. The van der Waals surface area contributed by atoms with Crippen LogP contribution < -0.4 is 10.0 Å². The van der Waals surface area contributed by atoms with Gasteiger partial charge in [0.25, 0.3) is 0 Å². The zero-order valence-corrected chi connectivity index (χ0v) is 14.4. The molecule has 0 amide bonds. The molecule has 20 heavy (non-hydrogen) atoms. The van der Waals surface area contributed by atoms with Crippen LogP contribution in [0.15, 0.2) is 0 Å². The molecule has 2 N–H and O–H groups in total. The maximum absolute atomic E-state index is 11.7. The molecule has 0 saturated heterocycles. The number of nitrogens with one attached hydrogen (secondary N) is 2. The molecule has 0 rings (SSSR count). The third-order valence-electron chi connectivity index (χ3n) is 3.28. The van der Waals surface area contributed by atoms with Crippen LogP contribution >= 0.6 is 0 Å². The molecule has 0 aliphatic rings. The quantitative estimate of drug-likeness (QED) is 0.485. The molecule has 4 nitrogen and oxygen atoms in total. The van der Waals surface area contributed by atoms with Gasteiger partial charge < -0.3 is 5.32 Å². The number of hydrogen-bond acceptors (Lipinski definition) is 3. The maximum Gasteiger partial charge on any atom is 0.212 e. The van der Waals surface area contributed by atoms with E-state index in [9.17, 15) is 8.42 Å². The zero-order valence-electron chi connectivity index (χ0n) is 13.6. The number of rotatable bonds is 14. The number of unbranched alkanes of at least 4 members (excludes halogenated alkanes) is 7. The third-order valence-corrected chi connectivity index (χ3v) is 4.66. The van der Waals surface area contributed by atoms with Gasteiger partial charge in [-0.25, -0.2) is 13.1 Å². The molecule has 0 unspecified atom stereocenters. The van der Waals surface area contributed by atoms with E-state index in [2.05, 4.69) is 17.0 Å². The molecular weight excluding hydrogens is 272 g/mol. The second kappa shape index (κ2) is 12.6. The van der Waals surface area contributed by atoms with Crippen molar-refractivity contribution in [2.75, 3.05) is 18.8 Å². The molecule has 0 aliphatic carbocycles. The van der Waals surface area contributed by atoms with Crippen molar-refractivity contribution in [1.82, 2.24) is 10.0 Å². The van der Waals surface area contributed by atoms with E-state index in [0.717, 1.165) is 12.8 Å². The fourth-order valence-corrected chi connectivity index (χ4v) is 3.03. The van der Waals surface area contributed by atoms with Crippen LogP contribution in [-0.4, -0.2) is 33.3 Å². The van der Waals surface area contributed by atoms with E-state index in [1.807, 2.05) is 13.8 Å². The molecule has 0 bridgehead atoms. The Morgan fingerprint density at radius 3 is 1.95 bits per heavy atom. The summed E-state index contributed by atoms with van der Waals surface area (Å²) in [7, 11) is -3.09. The molecular formula is C15H34N2O2S. The van der Waals surface area contributed by atoms with Gasteiger partial charge in [-0.2, -0.15) is 0 Å². The Bertz CT molecular complexity index is 303. The minimum absolute atomic E-state index is 0.169. The molecule has 0 atom stereocenters. The lowest BCUT2D eigenvalue weighted by Gasteiger charge is -2.09. The Balaban J connectivity index is 3.40. The first-order valence-electron chi connectivity index (χ1n) is 8.18. The summed E-state index contributed by atoms with van der Waals surface area (Å²) in [5.74, 6) is 0.169. The lowest BCUT2D eigenvalue weighted by Crippen LogP contribution is -2.34. The molecule has 0 aliphatic heterocycles. The summed E-state index contributed by atoms with van der Waals surface area (Å²) in [4.78, 5) is 0. The first-order chi connectivity index (χ1) is 9.48. The van der Waals surface area contributed by atoms with Crippen molar-refractivity contribution in [3.05, 3.63) is 0 Å². The fraction of sp³-hybridized carbons (Fsp3) is 1.00. The topological polar surface area (TPSA) is 58.2 Å². The largest absolute Gasteiger partial charge is 0.313 e. The van der Waals surface area contributed by atoms with Crippen molar-refractivity contribution in [2.45, 2.75) is 78.2 Å². The normalized spacial score (nSPS) is 12.2. The van der Waals surface area contributed by atoms with Gasteiger partial charge in [-0.3, -0.25) is 0 Å². The first-order valence-corrected chi connectivity index (χ1v) is 9.84. The Morgan fingerprint density at radius 1 is 0.850 bits per heavy atom. The predicted octanol–water partition coefficient (Wildman–Crippen LogP) is 3.04. The number of sulfonamides is 1. The molecule has 0 radical (unpaired) electrons. The molecule has 0 heterocycles. The second-order valence-corrected chi connectivity index (χ2v) is 7.72. The summed E-state index contributed by atoms with van der Waals surface area (Å²) >= 11 is 0. The highest BCUT2D eigenvalue weighted by atomic mass is 32.2. The van der Waals surface area contributed by atoms with Gasteiger partial charge in [-0.05, 0) is 6.42 Å². The van der Waals surface area contributed by atoms with Gasteiger partial charge in [-0.15, -0.1) is 0 Å². The van der Waals surface area contributed by atoms with E-state index >= 15 is 0 Å². The van der Waals surface area contributed by atoms with E-state index in [4.69, 9.17) is 0 Å². The predicted molar refractivity (Wildman–Crippen MR) is 87.5 cm³/mol. The highest BCUT2D eigenvalue weighted by Gasteiger charge is 2.08. The summed E-state index contributed by atoms with van der Waals surface area (Å²) < 4.78 is 26.0. The van der Waals surface area contributed by atoms with Gasteiger partial charge in [0.05, 0.1) is 5.75 Å². The van der Waals surface area contributed by atoms with Crippen LogP contribution in [0.1, 0.15) is 72.1 Å². The van der Waals surface area contributed by atoms with Crippen molar-refractivity contribution in [3.63, 3.8) is 0 Å². The van der Waals surface area contributed by atoms with E-state index in [1.54, 1.807) is 0 Å².